The summed E-state index contributed by atoms with van der Waals surface area (Å²) in [5, 5.41) is 4.20. The quantitative estimate of drug-likeness (QED) is 0.768. The lowest BCUT2D eigenvalue weighted by atomic mass is 10.3. The van der Waals surface area contributed by atoms with Crippen molar-refractivity contribution in [2.24, 2.45) is 0 Å². The maximum atomic E-state index is 5.79. The monoisotopic (exact) mass is 249 g/mol. The van der Waals surface area contributed by atoms with E-state index in [-0.39, 0.29) is 0 Å². The fourth-order valence-corrected chi connectivity index (χ4v) is 2.62. The molecule has 6 heteroatoms. The molecule has 2 aromatic rings. The van der Waals surface area contributed by atoms with Gasteiger partial charge in [0.05, 0.1) is 0 Å². The molecular weight excluding hydrogens is 233 g/mol. The van der Waals surface area contributed by atoms with Crippen LogP contribution >= 0.6 is 9.24 Å². The summed E-state index contributed by atoms with van der Waals surface area (Å²) in [6.07, 6.45) is 3.13. The second kappa shape index (κ2) is 3.84. The highest BCUT2D eigenvalue weighted by Crippen LogP contribution is 2.24. The van der Waals surface area contributed by atoms with Gasteiger partial charge in [-0.1, -0.05) is 0 Å². The Balaban J connectivity index is 2.04. The van der Waals surface area contributed by atoms with Crippen molar-refractivity contribution in [3.8, 4) is 0 Å². The fourth-order valence-electron chi connectivity index (χ4n) is 2.22. The molecule has 0 aliphatic carbocycles. The Morgan fingerprint density at radius 1 is 1.53 bits per heavy atom. The normalized spacial score (nSPS) is 20.4. The molecule has 5 nitrogen and oxygen atoms in total. The standard InChI is InChI=1S/C11H16N5P/c1-7-10(12)14-16-5-3-9(13-11(7)16)15-4-2-8(17)6-15/h3,5,8H,2,4,6,17H2,1H3,(H2,12,14). The van der Waals surface area contributed by atoms with Crippen molar-refractivity contribution >= 4 is 26.5 Å². The van der Waals surface area contributed by atoms with Crippen molar-refractivity contribution in [2.45, 2.75) is 19.0 Å². The average Bonchev–Trinajstić information content (AvgIpc) is 2.85. The van der Waals surface area contributed by atoms with E-state index in [2.05, 4.69) is 24.2 Å². The minimum atomic E-state index is 0.556. The van der Waals surface area contributed by atoms with Gasteiger partial charge in [-0.3, -0.25) is 0 Å². The van der Waals surface area contributed by atoms with Crippen molar-refractivity contribution in [1.29, 1.82) is 0 Å². The molecule has 90 valence electrons. The molecule has 17 heavy (non-hydrogen) atoms. The van der Waals surface area contributed by atoms with Crippen LogP contribution in [0.1, 0.15) is 12.0 Å². The largest absolute Gasteiger partial charge is 0.382 e. The van der Waals surface area contributed by atoms with E-state index in [1.54, 1.807) is 4.52 Å². The molecule has 0 aromatic carbocycles. The third kappa shape index (κ3) is 1.75. The molecule has 0 saturated carbocycles. The molecule has 2 unspecified atom stereocenters. The van der Waals surface area contributed by atoms with Gasteiger partial charge in [0.15, 0.2) is 11.5 Å². The first-order valence-electron chi connectivity index (χ1n) is 5.77. The van der Waals surface area contributed by atoms with Crippen LogP contribution in [0, 0.1) is 6.92 Å². The third-order valence-electron chi connectivity index (χ3n) is 3.29. The van der Waals surface area contributed by atoms with Crippen molar-refractivity contribution in [3.63, 3.8) is 0 Å². The second-order valence-electron chi connectivity index (χ2n) is 4.56. The first-order valence-corrected chi connectivity index (χ1v) is 6.44. The summed E-state index contributed by atoms with van der Waals surface area (Å²) in [6.45, 7) is 4.08. The van der Waals surface area contributed by atoms with Crippen LogP contribution in [0.15, 0.2) is 12.3 Å². The molecule has 2 atom stereocenters. The Kier molecular flexibility index (Phi) is 2.44. The lowest BCUT2D eigenvalue weighted by Crippen LogP contribution is -2.21. The lowest BCUT2D eigenvalue weighted by Gasteiger charge is -2.16. The molecule has 2 N–H and O–H groups in total. The Morgan fingerprint density at radius 3 is 3.06 bits per heavy atom. The topological polar surface area (TPSA) is 59.4 Å². The van der Waals surface area contributed by atoms with E-state index in [1.807, 2.05) is 19.2 Å². The summed E-state index contributed by atoms with van der Waals surface area (Å²) in [7, 11) is 2.88. The summed E-state index contributed by atoms with van der Waals surface area (Å²) in [6, 6.07) is 2.00. The SMILES string of the molecule is Cc1c(N)nn2ccc(N3CCC(P)C3)nc12. The maximum absolute atomic E-state index is 5.79. The predicted molar refractivity (Wildman–Crippen MR) is 72.5 cm³/mol. The Labute approximate surface area is 102 Å². The lowest BCUT2D eigenvalue weighted by molar-refractivity contribution is 0.901. The van der Waals surface area contributed by atoms with E-state index < -0.39 is 0 Å². The first kappa shape index (κ1) is 10.8. The third-order valence-corrected chi connectivity index (χ3v) is 3.83. The van der Waals surface area contributed by atoms with Gasteiger partial charge in [0, 0.05) is 24.8 Å². The van der Waals surface area contributed by atoms with Gasteiger partial charge in [0.25, 0.3) is 0 Å². The molecule has 3 heterocycles. The van der Waals surface area contributed by atoms with Crippen molar-refractivity contribution in [1.82, 2.24) is 14.6 Å². The van der Waals surface area contributed by atoms with Crippen molar-refractivity contribution < 1.29 is 0 Å². The smallest absolute Gasteiger partial charge is 0.162 e. The number of fused-ring (bicyclic) bond motifs is 1. The van der Waals surface area contributed by atoms with Crippen LogP contribution in [0.3, 0.4) is 0 Å². The Bertz CT molecular complexity index is 564. The highest BCUT2D eigenvalue weighted by atomic mass is 31.0. The number of nitrogens with two attached hydrogens (primary N) is 1. The first-order chi connectivity index (χ1) is 8.15. The molecule has 0 amide bonds. The molecular formula is C11H16N5P. The number of hydrogen-bond acceptors (Lipinski definition) is 4. The molecule has 1 aliphatic heterocycles. The van der Waals surface area contributed by atoms with E-state index in [1.165, 1.54) is 6.42 Å². The minimum absolute atomic E-state index is 0.556. The molecule has 0 bridgehead atoms. The highest BCUT2D eigenvalue weighted by Gasteiger charge is 2.20. The number of nitrogen functional groups attached to an aromatic ring is 1. The van der Waals surface area contributed by atoms with Crippen molar-refractivity contribution in [2.75, 3.05) is 23.7 Å². The molecule has 0 radical (unpaired) electrons. The number of nitrogens with zero attached hydrogens (tertiary/aromatic N) is 4. The number of hydrogen-bond donors (Lipinski definition) is 1. The Hall–Kier alpha value is -1.35. The van der Waals surface area contributed by atoms with Gasteiger partial charge in [-0.15, -0.1) is 14.3 Å². The molecule has 1 fully saturated rings. The molecule has 1 saturated heterocycles. The van der Waals surface area contributed by atoms with E-state index in [4.69, 9.17) is 5.73 Å². The number of aryl methyl sites for hydroxylation is 1. The zero-order valence-electron chi connectivity index (χ0n) is 9.80. The van der Waals surface area contributed by atoms with Gasteiger partial charge in [-0.25, -0.2) is 9.50 Å². The van der Waals surface area contributed by atoms with E-state index >= 15 is 0 Å². The fraction of sp³-hybridized carbons (Fsp3) is 0.455. The van der Waals surface area contributed by atoms with Crippen LogP contribution in [0.25, 0.3) is 5.65 Å². The van der Waals surface area contributed by atoms with Gasteiger partial charge in [-0.2, -0.15) is 0 Å². The summed E-state index contributed by atoms with van der Waals surface area (Å²) in [4.78, 5) is 6.96. The van der Waals surface area contributed by atoms with Gasteiger partial charge in [0.1, 0.15) is 5.82 Å². The van der Waals surface area contributed by atoms with Gasteiger partial charge in [0.2, 0.25) is 0 Å². The molecule has 3 rings (SSSR count). The average molecular weight is 249 g/mol. The Morgan fingerprint density at radius 2 is 2.35 bits per heavy atom. The van der Waals surface area contributed by atoms with Crippen LogP contribution in [0.5, 0.6) is 0 Å². The van der Waals surface area contributed by atoms with E-state index in [0.29, 0.717) is 11.5 Å². The predicted octanol–water partition coefficient (Wildman–Crippen LogP) is 1.07. The van der Waals surface area contributed by atoms with Gasteiger partial charge in [-0.05, 0) is 25.1 Å². The zero-order valence-corrected chi connectivity index (χ0v) is 11.0. The zero-order chi connectivity index (χ0) is 12.0. The van der Waals surface area contributed by atoms with Gasteiger partial charge < -0.3 is 10.6 Å². The molecule has 0 spiro atoms. The minimum Gasteiger partial charge on any atom is -0.382 e. The van der Waals surface area contributed by atoms with E-state index in [0.717, 1.165) is 30.1 Å². The summed E-state index contributed by atoms with van der Waals surface area (Å²) < 4.78 is 1.74. The number of anilines is 2. The summed E-state index contributed by atoms with van der Waals surface area (Å²) in [5.74, 6) is 1.57. The van der Waals surface area contributed by atoms with Crippen LogP contribution in [0.4, 0.5) is 11.6 Å². The highest BCUT2D eigenvalue weighted by molar-refractivity contribution is 7.17. The van der Waals surface area contributed by atoms with Gasteiger partial charge >= 0.3 is 0 Å². The van der Waals surface area contributed by atoms with Crippen LogP contribution in [-0.2, 0) is 0 Å². The second-order valence-corrected chi connectivity index (χ2v) is 5.50. The number of rotatable bonds is 1. The summed E-state index contributed by atoms with van der Waals surface area (Å²) >= 11 is 0. The molecule has 2 aromatic heterocycles. The molecule has 1 aliphatic rings. The summed E-state index contributed by atoms with van der Waals surface area (Å²) in [5.41, 5.74) is 8.27. The maximum Gasteiger partial charge on any atom is 0.162 e. The van der Waals surface area contributed by atoms with Crippen LogP contribution < -0.4 is 10.6 Å². The van der Waals surface area contributed by atoms with Crippen molar-refractivity contribution in [3.05, 3.63) is 17.8 Å². The van der Waals surface area contributed by atoms with Crippen LogP contribution in [0.2, 0.25) is 0 Å². The van der Waals surface area contributed by atoms with E-state index in [9.17, 15) is 0 Å². The number of aromatic nitrogens is 3. The van der Waals surface area contributed by atoms with Crippen LogP contribution in [-0.4, -0.2) is 33.3 Å².